The van der Waals surface area contributed by atoms with Gasteiger partial charge in [-0.1, -0.05) is 5.16 Å². The highest BCUT2D eigenvalue weighted by atomic mass is 32.2. The molecule has 11 heteroatoms. The normalized spacial score (nSPS) is 17.6. The lowest BCUT2D eigenvalue weighted by Gasteiger charge is -2.30. The molecule has 4 rings (SSSR count). The molecule has 1 saturated heterocycles. The highest BCUT2D eigenvalue weighted by Crippen LogP contribution is 2.31. The molecule has 0 spiro atoms. The smallest absolute Gasteiger partial charge is 0.252 e. The van der Waals surface area contributed by atoms with Crippen molar-refractivity contribution >= 4 is 33.0 Å². The van der Waals surface area contributed by atoms with Crippen LogP contribution in [-0.4, -0.2) is 41.9 Å². The van der Waals surface area contributed by atoms with Crippen molar-refractivity contribution in [2.24, 2.45) is 5.92 Å². The number of carbonyl (C=O) groups is 1. The largest absolute Gasteiger partial charge is 0.339 e. The molecule has 1 N–H and O–H groups in total. The van der Waals surface area contributed by atoms with Crippen LogP contribution in [0.3, 0.4) is 0 Å². The molecule has 3 heterocycles. The standard InChI is InChI=1S/C20H21FN4O4S2/c1-12-8-16(21)5-6-17(12)23-20(26)14-4-3-7-25(10-14)31(27,28)18-9-15(11-30-18)19-22-13(2)29-24-19/h5-6,8-9,11,14H,3-4,7,10H2,1-2H3,(H,23,26)/t14-/m1/s1. The van der Waals surface area contributed by atoms with Crippen LogP contribution in [0, 0.1) is 25.6 Å². The number of rotatable bonds is 5. The Labute approximate surface area is 183 Å². The second-order valence-corrected chi connectivity index (χ2v) is 10.5. The summed E-state index contributed by atoms with van der Waals surface area (Å²) in [5.74, 6) is -0.416. The predicted molar refractivity (Wildman–Crippen MR) is 114 cm³/mol. The zero-order valence-corrected chi connectivity index (χ0v) is 18.6. The van der Waals surface area contributed by atoms with Crippen molar-refractivity contribution in [2.45, 2.75) is 30.9 Å². The fraction of sp³-hybridized carbons (Fsp3) is 0.350. The summed E-state index contributed by atoms with van der Waals surface area (Å²) in [6.45, 7) is 3.79. The monoisotopic (exact) mass is 464 g/mol. The van der Waals surface area contributed by atoms with Crippen molar-refractivity contribution in [2.75, 3.05) is 18.4 Å². The van der Waals surface area contributed by atoms with E-state index in [9.17, 15) is 17.6 Å². The molecule has 1 aliphatic heterocycles. The second-order valence-electron chi connectivity index (χ2n) is 7.44. The van der Waals surface area contributed by atoms with Gasteiger partial charge in [0.15, 0.2) is 0 Å². The maximum atomic E-state index is 13.3. The van der Waals surface area contributed by atoms with Gasteiger partial charge in [-0.15, -0.1) is 11.3 Å². The van der Waals surface area contributed by atoms with Crippen LogP contribution in [0.2, 0.25) is 0 Å². The van der Waals surface area contributed by atoms with E-state index < -0.39 is 15.9 Å². The third kappa shape index (κ3) is 4.53. The maximum absolute atomic E-state index is 13.3. The van der Waals surface area contributed by atoms with Crippen molar-refractivity contribution < 1.29 is 22.1 Å². The van der Waals surface area contributed by atoms with E-state index in [1.807, 2.05) is 0 Å². The molecule has 1 aliphatic rings. The number of nitrogens with one attached hydrogen (secondary N) is 1. The van der Waals surface area contributed by atoms with Gasteiger partial charge in [-0.25, -0.2) is 12.8 Å². The number of amides is 1. The van der Waals surface area contributed by atoms with Gasteiger partial charge in [0.05, 0.1) is 5.92 Å². The zero-order valence-electron chi connectivity index (χ0n) is 17.0. The number of benzene rings is 1. The number of thiophene rings is 1. The maximum Gasteiger partial charge on any atom is 0.252 e. The van der Waals surface area contributed by atoms with Gasteiger partial charge in [-0.3, -0.25) is 4.79 Å². The number of aryl methyl sites for hydroxylation is 2. The number of halogens is 1. The minimum absolute atomic E-state index is 0.0863. The number of hydrogen-bond acceptors (Lipinski definition) is 7. The molecule has 2 aromatic heterocycles. The Morgan fingerprint density at radius 1 is 1.32 bits per heavy atom. The van der Waals surface area contributed by atoms with E-state index in [2.05, 4.69) is 15.5 Å². The molecule has 8 nitrogen and oxygen atoms in total. The zero-order chi connectivity index (χ0) is 22.2. The van der Waals surface area contributed by atoms with Crippen LogP contribution >= 0.6 is 11.3 Å². The lowest BCUT2D eigenvalue weighted by Crippen LogP contribution is -2.43. The van der Waals surface area contributed by atoms with Gasteiger partial charge in [0.1, 0.15) is 10.0 Å². The quantitative estimate of drug-likeness (QED) is 0.619. The fourth-order valence-corrected chi connectivity index (χ4v) is 6.32. The summed E-state index contributed by atoms with van der Waals surface area (Å²) in [4.78, 5) is 16.9. The first-order chi connectivity index (χ1) is 14.7. The van der Waals surface area contributed by atoms with Crippen LogP contribution in [0.5, 0.6) is 0 Å². The summed E-state index contributed by atoms with van der Waals surface area (Å²) in [6.07, 6.45) is 1.15. The third-order valence-electron chi connectivity index (χ3n) is 5.16. The molecule has 0 bridgehead atoms. The Kier molecular flexibility index (Phi) is 5.91. The molecular weight excluding hydrogens is 443 g/mol. The van der Waals surface area contributed by atoms with E-state index in [4.69, 9.17) is 4.52 Å². The van der Waals surface area contributed by atoms with Gasteiger partial charge < -0.3 is 9.84 Å². The molecule has 1 fully saturated rings. The Morgan fingerprint density at radius 3 is 2.84 bits per heavy atom. The van der Waals surface area contributed by atoms with E-state index >= 15 is 0 Å². The van der Waals surface area contributed by atoms with E-state index in [1.54, 1.807) is 19.2 Å². The average Bonchev–Trinajstić information content (AvgIpc) is 3.39. The van der Waals surface area contributed by atoms with E-state index in [0.717, 1.165) is 11.3 Å². The number of nitrogens with zero attached hydrogens (tertiary/aromatic N) is 3. The summed E-state index contributed by atoms with van der Waals surface area (Å²) in [6, 6.07) is 5.65. The molecule has 3 aromatic rings. The molecule has 1 atom stereocenters. The fourth-order valence-electron chi connectivity index (χ4n) is 3.49. The minimum atomic E-state index is -3.76. The van der Waals surface area contributed by atoms with Gasteiger partial charge in [-0.05, 0) is 49.6 Å². The lowest BCUT2D eigenvalue weighted by molar-refractivity contribution is -0.120. The van der Waals surface area contributed by atoms with Crippen molar-refractivity contribution in [3.8, 4) is 11.4 Å². The van der Waals surface area contributed by atoms with Crippen molar-refractivity contribution in [3.63, 3.8) is 0 Å². The molecular formula is C20H21FN4O4S2. The SMILES string of the molecule is Cc1nc(-c2csc(S(=O)(=O)N3CCC[C@@H](C(=O)Nc4ccc(F)cc4C)C3)c2)no1. The summed E-state index contributed by atoms with van der Waals surface area (Å²) in [7, 11) is -3.76. The number of hydrogen-bond donors (Lipinski definition) is 1. The predicted octanol–water partition coefficient (Wildman–Crippen LogP) is 3.59. The van der Waals surface area contributed by atoms with Gasteiger partial charge in [0.2, 0.25) is 17.6 Å². The number of anilines is 1. The van der Waals surface area contributed by atoms with E-state index in [0.29, 0.717) is 47.9 Å². The van der Waals surface area contributed by atoms with Crippen molar-refractivity contribution in [3.05, 3.63) is 46.9 Å². The molecule has 0 radical (unpaired) electrons. The van der Waals surface area contributed by atoms with Crippen LogP contribution in [0.1, 0.15) is 24.3 Å². The van der Waals surface area contributed by atoms with E-state index in [1.165, 1.54) is 28.6 Å². The molecule has 31 heavy (non-hydrogen) atoms. The molecule has 0 unspecified atom stereocenters. The van der Waals surface area contributed by atoms with Gasteiger partial charge in [-0.2, -0.15) is 9.29 Å². The van der Waals surface area contributed by atoms with Gasteiger partial charge >= 0.3 is 0 Å². The summed E-state index contributed by atoms with van der Waals surface area (Å²) < 4.78 is 46.1. The third-order valence-corrected chi connectivity index (χ3v) is 8.44. The van der Waals surface area contributed by atoms with Crippen LogP contribution in [0.25, 0.3) is 11.4 Å². The van der Waals surface area contributed by atoms with Crippen LogP contribution in [0.15, 0.2) is 38.4 Å². The van der Waals surface area contributed by atoms with Crippen molar-refractivity contribution in [1.29, 1.82) is 0 Å². The number of carbonyl (C=O) groups excluding carboxylic acids is 1. The molecule has 164 valence electrons. The Hall–Kier alpha value is -2.63. The highest BCUT2D eigenvalue weighted by Gasteiger charge is 2.34. The Balaban J connectivity index is 1.48. The first-order valence-corrected chi connectivity index (χ1v) is 12.0. The molecule has 0 saturated carbocycles. The summed E-state index contributed by atoms with van der Waals surface area (Å²) in [5.41, 5.74) is 1.69. The van der Waals surface area contributed by atoms with E-state index in [-0.39, 0.29) is 22.5 Å². The number of piperidine rings is 1. The minimum Gasteiger partial charge on any atom is -0.339 e. The average molecular weight is 465 g/mol. The molecule has 1 aromatic carbocycles. The second kappa shape index (κ2) is 8.48. The van der Waals surface area contributed by atoms with Crippen LogP contribution in [0.4, 0.5) is 10.1 Å². The molecule has 0 aliphatic carbocycles. The number of aromatic nitrogens is 2. The Morgan fingerprint density at radius 2 is 2.13 bits per heavy atom. The molecule has 1 amide bonds. The van der Waals surface area contributed by atoms with Gasteiger partial charge in [0.25, 0.3) is 10.0 Å². The topological polar surface area (TPSA) is 105 Å². The summed E-state index contributed by atoms with van der Waals surface area (Å²) >= 11 is 1.08. The van der Waals surface area contributed by atoms with Crippen LogP contribution in [-0.2, 0) is 14.8 Å². The highest BCUT2D eigenvalue weighted by molar-refractivity contribution is 7.91. The Bertz CT molecular complexity index is 1220. The first kappa shape index (κ1) is 21.6. The summed E-state index contributed by atoms with van der Waals surface area (Å²) in [5, 5.41) is 8.28. The first-order valence-electron chi connectivity index (χ1n) is 9.70. The lowest BCUT2D eigenvalue weighted by atomic mass is 9.98. The van der Waals surface area contributed by atoms with Gasteiger partial charge in [0, 0.05) is 36.6 Å². The number of sulfonamides is 1. The van der Waals surface area contributed by atoms with Crippen LogP contribution < -0.4 is 5.32 Å². The van der Waals surface area contributed by atoms with Crippen molar-refractivity contribution in [1.82, 2.24) is 14.4 Å².